The molecule has 1 unspecified atom stereocenters. The van der Waals surface area contributed by atoms with Gasteiger partial charge >= 0.3 is 0 Å². The van der Waals surface area contributed by atoms with Gasteiger partial charge in [-0.25, -0.2) is 0 Å². The van der Waals surface area contributed by atoms with Crippen LogP contribution in [-0.2, 0) is 6.42 Å². The lowest BCUT2D eigenvalue weighted by Gasteiger charge is -2.44. The average molecular weight is 289 g/mol. The Hall–Kier alpha value is -0.860. The maximum absolute atomic E-state index is 11.0. The molecule has 118 valence electrons. The molecule has 2 heteroatoms. The molecule has 21 heavy (non-hydrogen) atoms. The first kappa shape index (κ1) is 16.5. The van der Waals surface area contributed by atoms with Crippen molar-refractivity contribution >= 4 is 0 Å². The molecule has 1 atom stereocenters. The van der Waals surface area contributed by atoms with E-state index < -0.39 is 0 Å². The van der Waals surface area contributed by atoms with Gasteiger partial charge in [-0.05, 0) is 56.5 Å². The quantitative estimate of drug-likeness (QED) is 0.859. The van der Waals surface area contributed by atoms with Crippen LogP contribution in [0.3, 0.4) is 0 Å². The molecule has 2 nitrogen and oxygen atoms in total. The molecule has 0 radical (unpaired) electrons. The summed E-state index contributed by atoms with van der Waals surface area (Å²) in [5.41, 5.74) is 3.92. The van der Waals surface area contributed by atoms with E-state index in [2.05, 4.69) is 50.8 Å². The van der Waals surface area contributed by atoms with E-state index in [1.54, 1.807) is 0 Å². The van der Waals surface area contributed by atoms with Gasteiger partial charge in [-0.2, -0.15) is 0 Å². The van der Waals surface area contributed by atoms with Crippen LogP contribution in [0.4, 0.5) is 0 Å². The van der Waals surface area contributed by atoms with Gasteiger partial charge in [-0.1, -0.05) is 44.9 Å². The number of aryl methyl sites for hydroxylation is 2. The predicted molar refractivity (Wildman–Crippen MR) is 89.7 cm³/mol. The Balaban J connectivity index is 2.18. The molecule has 1 N–H and O–H groups in total. The number of rotatable bonds is 6. The van der Waals surface area contributed by atoms with Crippen molar-refractivity contribution in [3.63, 3.8) is 0 Å². The van der Waals surface area contributed by atoms with Crippen LogP contribution in [0.1, 0.15) is 56.2 Å². The fourth-order valence-corrected chi connectivity index (χ4v) is 4.04. The van der Waals surface area contributed by atoms with Crippen LogP contribution in [0, 0.1) is 13.8 Å². The fraction of sp³-hybridized carbons (Fsp3) is 0.684. The van der Waals surface area contributed by atoms with Crippen LogP contribution < -0.4 is 0 Å². The number of hydrogen-bond donors (Lipinski definition) is 1. The van der Waals surface area contributed by atoms with Crippen LogP contribution >= 0.6 is 0 Å². The van der Waals surface area contributed by atoms with Crippen LogP contribution in [0.2, 0.25) is 0 Å². The van der Waals surface area contributed by atoms with E-state index in [0.717, 1.165) is 32.4 Å². The molecule has 1 aromatic carbocycles. The minimum atomic E-state index is -0.262. The van der Waals surface area contributed by atoms with E-state index in [0.29, 0.717) is 0 Å². The monoisotopic (exact) mass is 289 g/mol. The van der Waals surface area contributed by atoms with Crippen LogP contribution in [0.5, 0.6) is 0 Å². The lowest BCUT2D eigenvalue weighted by Crippen LogP contribution is -2.55. The van der Waals surface area contributed by atoms with Gasteiger partial charge in [0.1, 0.15) is 0 Å². The minimum absolute atomic E-state index is 0.00227. The van der Waals surface area contributed by atoms with Gasteiger partial charge in [0, 0.05) is 12.0 Å². The third kappa shape index (κ3) is 3.32. The molecule has 0 saturated heterocycles. The maximum atomic E-state index is 11.0. The SMILES string of the molecule is CCN(CC)C1(C(O)Cc2ccc(C)c(C)c2)CCCC1. The number of aliphatic hydroxyl groups is 1. The molecule has 1 aliphatic carbocycles. The molecule has 0 aromatic heterocycles. The molecule has 0 aliphatic heterocycles. The van der Waals surface area contributed by atoms with Gasteiger partial charge in [-0.3, -0.25) is 4.90 Å². The molecule has 2 rings (SSSR count). The largest absolute Gasteiger partial charge is 0.391 e. The van der Waals surface area contributed by atoms with Gasteiger partial charge in [0.25, 0.3) is 0 Å². The highest BCUT2D eigenvalue weighted by Crippen LogP contribution is 2.39. The van der Waals surface area contributed by atoms with E-state index in [1.807, 2.05) is 0 Å². The van der Waals surface area contributed by atoms with E-state index in [4.69, 9.17) is 0 Å². The lowest BCUT2D eigenvalue weighted by atomic mass is 9.84. The Morgan fingerprint density at radius 1 is 1.10 bits per heavy atom. The van der Waals surface area contributed by atoms with Crippen molar-refractivity contribution in [1.82, 2.24) is 4.90 Å². The van der Waals surface area contributed by atoms with Gasteiger partial charge in [0.05, 0.1) is 6.10 Å². The Morgan fingerprint density at radius 3 is 2.24 bits per heavy atom. The highest BCUT2D eigenvalue weighted by atomic mass is 16.3. The second-order valence-electron chi connectivity index (χ2n) is 6.62. The number of hydrogen-bond acceptors (Lipinski definition) is 2. The Bertz CT molecular complexity index is 459. The number of likely N-dealkylation sites (N-methyl/N-ethyl adjacent to an activating group) is 1. The van der Waals surface area contributed by atoms with Crippen LogP contribution in [0.15, 0.2) is 18.2 Å². The first-order valence-electron chi connectivity index (χ1n) is 8.52. The van der Waals surface area contributed by atoms with Crippen molar-refractivity contribution in [1.29, 1.82) is 0 Å². The van der Waals surface area contributed by atoms with Crippen LogP contribution in [-0.4, -0.2) is 34.7 Å². The topological polar surface area (TPSA) is 23.5 Å². The minimum Gasteiger partial charge on any atom is -0.391 e. The molecule has 1 saturated carbocycles. The summed E-state index contributed by atoms with van der Waals surface area (Å²) in [5.74, 6) is 0. The molecular formula is C19H31NO. The van der Waals surface area contributed by atoms with E-state index in [-0.39, 0.29) is 11.6 Å². The molecule has 0 heterocycles. The van der Waals surface area contributed by atoms with Gasteiger partial charge < -0.3 is 5.11 Å². The smallest absolute Gasteiger partial charge is 0.0764 e. The van der Waals surface area contributed by atoms with Crippen molar-refractivity contribution < 1.29 is 5.11 Å². The zero-order chi connectivity index (χ0) is 15.5. The summed E-state index contributed by atoms with van der Waals surface area (Å²) in [4.78, 5) is 2.49. The first-order valence-corrected chi connectivity index (χ1v) is 8.52. The Labute approximate surface area is 130 Å². The van der Waals surface area contributed by atoms with Crippen molar-refractivity contribution in [2.75, 3.05) is 13.1 Å². The van der Waals surface area contributed by atoms with E-state index in [9.17, 15) is 5.11 Å². The normalized spacial score (nSPS) is 19.1. The van der Waals surface area contributed by atoms with Crippen molar-refractivity contribution in [3.8, 4) is 0 Å². The van der Waals surface area contributed by atoms with Crippen molar-refractivity contribution in [3.05, 3.63) is 34.9 Å². The third-order valence-electron chi connectivity index (χ3n) is 5.48. The number of benzene rings is 1. The summed E-state index contributed by atoms with van der Waals surface area (Å²) in [6.45, 7) is 10.8. The second kappa shape index (κ2) is 6.93. The van der Waals surface area contributed by atoms with Gasteiger partial charge in [0.15, 0.2) is 0 Å². The maximum Gasteiger partial charge on any atom is 0.0764 e. The lowest BCUT2D eigenvalue weighted by molar-refractivity contribution is -0.0244. The van der Waals surface area contributed by atoms with Crippen LogP contribution in [0.25, 0.3) is 0 Å². The summed E-state index contributed by atoms with van der Waals surface area (Å²) < 4.78 is 0. The summed E-state index contributed by atoms with van der Waals surface area (Å²) in [7, 11) is 0. The Morgan fingerprint density at radius 2 is 1.71 bits per heavy atom. The molecule has 1 aromatic rings. The number of nitrogens with zero attached hydrogens (tertiary/aromatic N) is 1. The van der Waals surface area contributed by atoms with Crippen molar-refractivity contribution in [2.45, 2.75) is 71.4 Å². The van der Waals surface area contributed by atoms with Gasteiger partial charge in [-0.15, -0.1) is 0 Å². The molecule has 0 bridgehead atoms. The second-order valence-corrected chi connectivity index (χ2v) is 6.62. The summed E-state index contributed by atoms with van der Waals surface area (Å²) in [5, 5.41) is 11.0. The molecule has 0 spiro atoms. The highest BCUT2D eigenvalue weighted by molar-refractivity contribution is 5.30. The predicted octanol–water partition coefficient (Wildman–Crippen LogP) is 3.86. The van der Waals surface area contributed by atoms with Crippen molar-refractivity contribution in [2.24, 2.45) is 0 Å². The summed E-state index contributed by atoms with van der Waals surface area (Å²) >= 11 is 0. The van der Waals surface area contributed by atoms with E-state index >= 15 is 0 Å². The zero-order valence-electron chi connectivity index (χ0n) is 14.2. The molecule has 0 amide bonds. The van der Waals surface area contributed by atoms with E-state index in [1.165, 1.54) is 29.5 Å². The number of aliphatic hydroxyl groups excluding tert-OH is 1. The Kier molecular flexibility index (Phi) is 5.45. The zero-order valence-corrected chi connectivity index (χ0v) is 14.2. The summed E-state index contributed by atoms with van der Waals surface area (Å²) in [6.07, 6.45) is 5.29. The van der Waals surface area contributed by atoms with Gasteiger partial charge in [0.2, 0.25) is 0 Å². The molecular weight excluding hydrogens is 258 g/mol. The fourth-order valence-electron chi connectivity index (χ4n) is 4.04. The highest BCUT2D eigenvalue weighted by Gasteiger charge is 2.44. The first-order chi connectivity index (χ1) is 10.0. The molecule has 1 fully saturated rings. The summed E-state index contributed by atoms with van der Waals surface area (Å²) in [6, 6.07) is 6.59. The third-order valence-corrected chi connectivity index (χ3v) is 5.48. The average Bonchev–Trinajstić information content (AvgIpc) is 2.95. The molecule has 1 aliphatic rings. The standard InChI is InChI=1S/C19H31NO/c1-5-20(6-2)19(11-7-8-12-19)18(21)14-17-10-9-15(3)16(4)13-17/h9-10,13,18,21H,5-8,11-12,14H2,1-4H3.